The normalized spacial score (nSPS) is 16.9. The molecular formula is C28H25N3O4. The second kappa shape index (κ2) is 9.46. The van der Waals surface area contributed by atoms with Crippen molar-refractivity contribution in [3.05, 3.63) is 108 Å². The van der Waals surface area contributed by atoms with Crippen molar-refractivity contribution in [1.29, 1.82) is 0 Å². The number of benzene rings is 3. The molecule has 176 valence electrons. The molecule has 35 heavy (non-hydrogen) atoms. The second-order valence-electron chi connectivity index (χ2n) is 8.45. The van der Waals surface area contributed by atoms with Gasteiger partial charge in [0.1, 0.15) is 5.75 Å². The second-order valence-corrected chi connectivity index (χ2v) is 8.45. The molecule has 0 spiro atoms. The van der Waals surface area contributed by atoms with Gasteiger partial charge in [0.25, 0.3) is 11.8 Å². The summed E-state index contributed by atoms with van der Waals surface area (Å²) in [6.45, 7) is 2.00. The standard InChI is InChI=1S/C28H25N3O4/c1-19-17-25(31(21-10-4-3-5-11-21)28(33)26-15-16-29-35-26)23-13-6-7-14-24(23)30(19)27(32)20-9-8-12-22(18-20)34-2/h3-16,18-19,25H,17H2,1-2H3. The highest BCUT2D eigenvalue weighted by molar-refractivity contribution is 6.08. The molecule has 2 unspecified atom stereocenters. The smallest absolute Gasteiger partial charge is 0.297 e. The SMILES string of the molecule is COc1cccc(C(=O)N2c3ccccc3C(N(C(=O)c3ccno3)c3ccccc3)CC2C)c1. The van der Waals surface area contributed by atoms with Crippen molar-refractivity contribution >= 4 is 23.2 Å². The lowest BCUT2D eigenvalue weighted by molar-refractivity contribution is 0.0935. The zero-order valence-corrected chi connectivity index (χ0v) is 19.5. The highest BCUT2D eigenvalue weighted by Crippen LogP contribution is 2.43. The zero-order chi connectivity index (χ0) is 24.4. The number of carbonyl (C=O) groups excluding carboxylic acids is 2. The van der Waals surface area contributed by atoms with Gasteiger partial charge < -0.3 is 14.2 Å². The number of rotatable bonds is 5. The molecule has 0 radical (unpaired) electrons. The van der Waals surface area contributed by atoms with Crippen LogP contribution in [0.15, 0.2) is 95.6 Å². The van der Waals surface area contributed by atoms with Gasteiger partial charge in [-0.25, -0.2) is 0 Å². The molecule has 7 heteroatoms. The Labute approximate surface area is 203 Å². The van der Waals surface area contributed by atoms with Crippen LogP contribution in [0, 0.1) is 0 Å². The minimum absolute atomic E-state index is 0.116. The van der Waals surface area contributed by atoms with E-state index in [-0.39, 0.29) is 29.7 Å². The fraction of sp³-hybridized carbons (Fsp3) is 0.179. The number of amides is 2. The third kappa shape index (κ3) is 4.17. The van der Waals surface area contributed by atoms with Gasteiger partial charge in [-0.05, 0) is 55.3 Å². The molecule has 0 aliphatic carbocycles. The van der Waals surface area contributed by atoms with Crippen LogP contribution in [0.1, 0.15) is 45.9 Å². The molecule has 4 aromatic rings. The molecule has 0 saturated carbocycles. The van der Waals surface area contributed by atoms with Gasteiger partial charge >= 0.3 is 0 Å². The minimum Gasteiger partial charge on any atom is -0.497 e. The molecule has 0 fully saturated rings. The van der Waals surface area contributed by atoms with Crippen molar-refractivity contribution in [1.82, 2.24) is 5.16 Å². The van der Waals surface area contributed by atoms with Crippen molar-refractivity contribution in [2.75, 3.05) is 16.9 Å². The summed E-state index contributed by atoms with van der Waals surface area (Å²) in [5, 5.41) is 3.72. The summed E-state index contributed by atoms with van der Waals surface area (Å²) in [6, 6.07) is 25.5. The van der Waals surface area contributed by atoms with E-state index in [1.165, 1.54) is 6.20 Å². The van der Waals surface area contributed by atoms with E-state index >= 15 is 0 Å². The van der Waals surface area contributed by atoms with Crippen molar-refractivity contribution in [3.8, 4) is 5.75 Å². The Balaban J connectivity index is 1.59. The van der Waals surface area contributed by atoms with E-state index < -0.39 is 0 Å². The quantitative estimate of drug-likeness (QED) is 0.387. The molecular weight excluding hydrogens is 442 g/mol. The average Bonchev–Trinajstić information content (AvgIpc) is 3.44. The number of nitrogens with zero attached hydrogens (tertiary/aromatic N) is 3. The van der Waals surface area contributed by atoms with Crippen LogP contribution in [0.2, 0.25) is 0 Å². The van der Waals surface area contributed by atoms with E-state index in [4.69, 9.17) is 9.26 Å². The molecule has 7 nitrogen and oxygen atoms in total. The predicted molar refractivity (Wildman–Crippen MR) is 133 cm³/mol. The summed E-state index contributed by atoms with van der Waals surface area (Å²) < 4.78 is 10.5. The highest BCUT2D eigenvalue weighted by atomic mass is 16.5. The Morgan fingerprint density at radius 3 is 2.51 bits per heavy atom. The number of hydrogen-bond donors (Lipinski definition) is 0. The molecule has 0 saturated heterocycles. The summed E-state index contributed by atoms with van der Waals surface area (Å²) in [6.07, 6.45) is 2.00. The van der Waals surface area contributed by atoms with E-state index in [2.05, 4.69) is 5.16 Å². The molecule has 0 bridgehead atoms. The number of carbonyl (C=O) groups is 2. The van der Waals surface area contributed by atoms with Crippen LogP contribution >= 0.6 is 0 Å². The van der Waals surface area contributed by atoms with Gasteiger partial charge in [0, 0.05) is 29.0 Å². The number of fused-ring (bicyclic) bond motifs is 1. The van der Waals surface area contributed by atoms with E-state index in [0.29, 0.717) is 17.7 Å². The predicted octanol–water partition coefficient (Wildman–Crippen LogP) is 5.51. The molecule has 1 aliphatic rings. The maximum Gasteiger partial charge on any atom is 0.297 e. The zero-order valence-electron chi connectivity index (χ0n) is 19.5. The maximum atomic E-state index is 13.7. The fourth-order valence-corrected chi connectivity index (χ4v) is 4.70. The Morgan fingerprint density at radius 1 is 1.00 bits per heavy atom. The first-order chi connectivity index (χ1) is 17.1. The van der Waals surface area contributed by atoms with Crippen molar-refractivity contribution in [2.45, 2.75) is 25.4 Å². The number of aromatic nitrogens is 1. The molecule has 2 heterocycles. The molecule has 1 aromatic heterocycles. The lowest BCUT2D eigenvalue weighted by Crippen LogP contribution is -2.47. The largest absolute Gasteiger partial charge is 0.497 e. The lowest BCUT2D eigenvalue weighted by Gasteiger charge is -2.43. The third-order valence-electron chi connectivity index (χ3n) is 6.31. The van der Waals surface area contributed by atoms with Gasteiger partial charge in [-0.3, -0.25) is 14.5 Å². The molecule has 0 N–H and O–H groups in total. The number of hydrogen-bond acceptors (Lipinski definition) is 5. The first-order valence-electron chi connectivity index (χ1n) is 11.4. The first-order valence-corrected chi connectivity index (χ1v) is 11.4. The summed E-state index contributed by atoms with van der Waals surface area (Å²) >= 11 is 0. The Morgan fingerprint density at radius 2 is 1.77 bits per heavy atom. The maximum absolute atomic E-state index is 13.7. The fourth-order valence-electron chi connectivity index (χ4n) is 4.70. The third-order valence-corrected chi connectivity index (χ3v) is 6.31. The Hall–Kier alpha value is -4.39. The molecule has 2 atom stereocenters. The van der Waals surface area contributed by atoms with Gasteiger partial charge in [0.15, 0.2) is 0 Å². The Bertz CT molecular complexity index is 1340. The van der Waals surface area contributed by atoms with Gasteiger partial charge in [-0.15, -0.1) is 0 Å². The summed E-state index contributed by atoms with van der Waals surface area (Å²) in [5.74, 6) is 0.386. The van der Waals surface area contributed by atoms with Gasteiger partial charge in [0.05, 0.1) is 19.3 Å². The van der Waals surface area contributed by atoms with Crippen LogP contribution in [0.3, 0.4) is 0 Å². The Kier molecular flexibility index (Phi) is 6.06. The van der Waals surface area contributed by atoms with E-state index in [0.717, 1.165) is 16.9 Å². The van der Waals surface area contributed by atoms with Crippen LogP contribution in [-0.2, 0) is 0 Å². The van der Waals surface area contributed by atoms with Crippen LogP contribution in [0.25, 0.3) is 0 Å². The van der Waals surface area contributed by atoms with Crippen molar-refractivity contribution < 1.29 is 18.8 Å². The molecule has 2 amide bonds. The number of para-hydroxylation sites is 2. The van der Waals surface area contributed by atoms with E-state index in [9.17, 15) is 9.59 Å². The topological polar surface area (TPSA) is 75.9 Å². The monoisotopic (exact) mass is 467 g/mol. The summed E-state index contributed by atoms with van der Waals surface area (Å²) in [5.41, 5.74) is 2.95. The van der Waals surface area contributed by atoms with E-state index in [1.807, 2.05) is 78.6 Å². The van der Waals surface area contributed by atoms with Gasteiger partial charge in [-0.1, -0.05) is 47.6 Å². The summed E-state index contributed by atoms with van der Waals surface area (Å²) in [7, 11) is 1.58. The van der Waals surface area contributed by atoms with Crippen molar-refractivity contribution in [2.24, 2.45) is 0 Å². The van der Waals surface area contributed by atoms with Crippen LogP contribution in [0.4, 0.5) is 11.4 Å². The van der Waals surface area contributed by atoms with Crippen LogP contribution < -0.4 is 14.5 Å². The average molecular weight is 468 g/mol. The number of anilines is 2. The minimum atomic E-state index is -0.310. The van der Waals surface area contributed by atoms with Crippen LogP contribution in [0.5, 0.6) is 5.75 Å². The molecule has 5 rings (SSSR count). The van der Waals surface area contributed by atoms with E-state index in [1.54, 1.807) is 30.2 Å². The van der Waals surface area contributed by atoms with Gasteiger partial charge in [0.2, 0.25) is 5.76 Å². The van der Waals surface area contributed by atoms with Crippen molar-refractivity contribution in [3.63, 3.8) is 0 Å². The van der Waals surface area contributed by atoms with Gasteiger partial charge in [-0.2, -0.15) is 0 Å². The highest BCUT2D eigenvalue weighted by Gasteiger charge is 2.39. The number of methoxy groups -OCH3 is 1. The molecule has 3 aromatic carbocycles. The van der Waals surface area contributed by atoms with Crippen LogP contribution in [-0.4, -0.2) is 30.1 Å². The summed E-state index contributed by atoms with van der Waals surface area (Å²) in [4.78, 5) is 30.8. The lowest BCUT2D eigenvalue weighted by atomic mass is 9.89. The molecule has 1 aliphatic heterocycles. The number of ether oxygens (including phenoxy) is 1. The first kappa shape index (κ1) is 22.4.